The van der Waals surface area contributed by atoms with Crippen LogP contribution in [0.1, 0.15) is 165 Å². The Kier molecular flexibility index (Phi) is 28.5. The highest BCUT2D eigenvalue weighted by Gasteiger charge is 2.23. The number of nitrogens with zero attached hydrogens (tertiary/aromatic N) is 2. The van der Waals surface area contributed by atoms with Crippen LogP contribution in [0.4, 0.5) is 4.79 Å². The van der Waals surface area contributed by atoms with Crippen LogP contribution in [0, 0.1) is 11.8 Å². The molecule has 3 atom stereocenters. The smallest absolute Gasteiger partial charge is 0.407 e. The van der Waals surface area contributed by atoms with E-state index in [0.717, 1.165) is 44.9 Å². The van der Waals surface area contributed by atoms with E-state index < -0.39 is 17.7 Å². The fourth-order valence-corrected chi connectivity index (χ4v) is 5.76. The zero-order valence-corrected chi connectivity index (χ0v) is 35.2. The van der Waals surface area contributed by atoms with Crippen LogP contribution in [-0.4, -0.2) is 90.6 Å². The SMILES string of the molecule is CCCCCCCC/C=C\C[C@@H](CC(=O)NCCCN(CCCCCN(CCC(=O)OCC)C(=O)[C@@H](C)CC)C(=O)[C@@H](C)CC)NC(=O)OC(C)(C)C. The van der Waals surface area contributed by atoms with Gasteiger partial charge in [-0.1, -0.05) is 78.9 Å². The van der Waals surface area contributed by atoms with Crippen LogP contribution in [0.15, 0.2) is 12.2 Å². The maximum Gasteiger partial charge on any atom is 0.407 e. The zero-order chi connectivity index (χ0) is 40.1. The third kappa shape index (κ3) is 26.3. The number of hydrogen-bond donors (Lipinski definition) is 2. The summed E-state index contributed by atoms with van der Waals surface area (Å²) < 4.78 is 10.5. The van der Waals surface area contributed by atoms with E-state index in [1.165, 1.54) is 32.1 Å². The molecular weight excluding hydrogens is 672 g/mol. The number of carbonyl (C=O) groups is 5. The third-order valence-corrected chi connectivity index (χ3v) is 9.33. The first-order chi connectivity index (χ1) is 25.2. The second-order valence-corrected chi connectivity index (χ2v) is 15.4. The number of alkyl carbamates (subject to hydrolysis) is 1. The summed E-state index contributed by atoms with van der Waals surface area (Å²) in [5.74, 6) is -0.492. The number of esters is 1. The van der Waals surface area contributed by atoms with Gasteiger partial charge in [0, 0.05) is 57.0 Å². The Labute approximate surface area is 323 Å². The van der Waals surface area contributed by atoms with Gasteiger partial charge in [-0.2, -0.15) is 0 Å². The van der Waals surface area contributed by atoms with E-state index in [1.807, 2.05) is 59.4 Å². The molecule has 2 N–H and O–H groups in total. The molecule has 0 heterocycles. The first kappa shape index (κ1) is 49.9. The molecule has 0 fully saturated rings. The number of rotatable bonds is 30. The second-order valence-electron chi connectivity index (χ2n) is 15.4. The van der Waals surface area contributed by atoms with Gasteiger partial charge < -0.3 is 29.9 Å². The molecule has 11 heteroatoms. The first-order valence-corrected chi connectivity index (χ1v) is 20.8. The van der Waals surface area contributed by atoms with Crippen molar-refractivity contribution in [2.45, 2.75) is 177 Å². The highest BCUT2D eigenvalue weighted by Crippen LogP contribution is 2.14. The second kappa shape index (κ2) is 30.2. The van der Waals surface area contributed by atoms with Gasteiger partial charge in [0.05, 0.1) is 13.0 Å². The minimum absolute atomic E-state index is 0.0549. The lowest BCUT2D eigenvalue weighted by Gasteiger charge is -2.27. The molecule has 0 saturated carbocycles. The van der Waals surface area contributed by atoms with Gasteiger partial charge in [-0.05, 0) is 85.5 Å². The van der Waals surface area contributed by atoms with Crippen molar-refractivity contribution < 1.29 is 33.4 Å². The number of nitrogens with one attached hydrogen (secondary N) is 2. The van der Waals surface area contributed by atoms with E-state index in [1.54, 1.807) is 11.8 Å². The number of unbranched alkanes of at least 4 members (excludes halogenated alkanes) is 8. The molecule has 0 aromatic heterocycles. The lowest BCUT2D eigenvalue weighted by Crippen LogP contribution is -2.42. The van der Waals surface area contributed by atoms with Gasteiger partial charge in [-0.3, -0.25) is 19.2 Å². The fraction of sp³-hybridized carbons (Fsp3) is 0.833. The van der Waals surface area contributed by atoms with Crippen LogP contribution in [0.2, 0.25) is 0 Å². The standard InChI is InChI=1S/C42H78N4O7/c1-10-14-15-16-17-18-19-20-22-26-36(44-41(51)53-42(7,8)9)33-37(47)43-28-25-31-45(39(49)34(5)11-2)29-23-21-24-30-46(40(50)35(6)12-3)32-27-38(48)52-13-4/h20,22,34-36H,10-19,21,23-33H2,1-9H3,(H,43,47)(H,44,51)/b22-20-/t34-,35-,36-/m0/s1. The van der Waals surface area contributed by atoms with E-state index in [4.69, 9.17) is 9.47 Å². The van der Waals surface area contributed by atoms with E-state index in [-0.39, 0.29) is 48.4 Å². The van der Waals surface area contributed by atoms with E-state index in [0.29, 0.717) is 52.2 Å². The molecule has 53 heavy (non-hydrogen) atoms. The lowest BCUT2D eigenvalue weighted by molar-refractivity contribution is -0.144. The normalized spacial score (nSPS) is 13.2. The molecule has 0 rings (SSSR count). The van der Waals surface area contributed by atoms with Crippen LogP contribution >= 0.6 is 0 Å². The Hall–Kier alpha value is -3.11. The molecule has 0 aromatic rings. The van der Waals surface area contributed by atoms with Crippen molar-refractivity contribution in [2.75, 3.05) is 39.3 Å². The lowest BCUT2D eigenvalue weighted by atomic mass is 10.1. The fourth-order valence-electron chi connectivity index (χ4n) is 5.76. The van der Waals surface area contributed by atoms with Gasteiger partial charge in [-0.15, -0.1) is 0 Å². The monoisotopic (exact) mass is 751 g/mol. The molecule has 0 aliphatic heterocycles. The minimum atomic E-state index is -0.638. The van der Waals surface area contributed by atoms with Crippen molar-refractivity contribution in [2.24, 2.45) is 11.8 Å². The van der Waals surface area contributed by atoms with Crippen molar-refractivity contribution in [3.05, 3.63) is 12.2 Å². The Morgan fingerprint density at radius 3 is 1.81 bits per heavy atom. The summed E-state index contributed by atoms with van der Waals surface area (Å²) in [5.41, 5.74) is -0.638. The maximum atomic E-state index is 13.2. The Bertz CT molecular complexity index is 1060. The van der Waals surface area contributed by atoms with Crippen LogP contribution < -0.4 is 10.6 Å². The van der Waals surface area contributed by atoms with Gasteiger partial charge in [0.15, 0.2) is 0 Å². The number of amides is 4. The van der Waals surface area contributed by atoms with E-state index >= 15 is 0 Å². The third-order valence-electron chi connectivity index (χ3n) is 9.33. The molecule has 0 aromatic carbocycles. The average Bonchev–Trinajstić information content (AvgIpc) is 3.10. The average molecular weight is 751 g/mol. The summed E-state index contributed by atoms with van der Waals surface area (Å²) >= 11 is 0. The van der Waals surface area contributed by atoms with Crippen LogP contribution in [0.5, 0.6) is 0 Å². The molecule has 0 aliphatic rings. The number of allylic oxidation sites excluding steroid dienone is 1. The predicted octanol–water partition coefficient (Wildman–Crippen LogP) is 8.35. The zero-order valence-electron chi connectivity index (χ0n) is 35.2. The van der Waals surface area contributed by atoms with Crippen molar-refractivity contribution in [1.82, 2.24) is 20.4 Å². The van der Waals surface area contributed by atoms with Crippen molar-refractivity contribution >= 4 is 29.8 Å². The highest BCUT2D eigenvalue weighted by atomic mass is 16.6. The van der Waals surface area contributed by atoms with Crippen molar-refractivity contribution in [1.29, 1.82) is 0 Å². The van der Waals surface area contributed by atoms with Crippen LogP contribution in [0.25, 0.3) is 0 Å². The summed E-state index contributed by atoms with van der Waals surface area (Å²) in [6.45, 7) is 20.1. The number of ether oxygens (including phenoxy) is 2. The van der Waals surface area contributed by atoms with Crippen LogP contribution in [0.3, 0.4) is 0 Å². The summed E-state index contributed by atoms with van der Waals surface area (Å²) in [6, 6.07) is -0.393. The van der Waals surface area contributed by atoms with Gasteiger partial charge >= 0.3 is 12.1 Å². The van der Waals surface area contributed by atoms with Gasteiger partial charge in [0.2, 0.25) is 17.7 Å². The molecule has 11 nitrogen and oxygen atoms in total. The molecular formula is C42H78N4O7. The summed E-state index contributed by atoms with van der Waals surface area (Å²) in [4.78, 5) is 67.3. The minimum Gasteiger partial charge on any atom is -0.466 e. The Morgan fingerprint density at radius 2 is 1.25 bits per heavy atom. The first-order valence-electron chi connectivity index (χ1n) is 20.8. The Morgan fingerprint density at radius 1 is 0.698 bits per heavy atom. The highest BCUT2D eigenvalue weighted by molar-refractivity contribution is 5.80. The number of carbonyl (C=O) groups excluding carboxylic acids is 5. The molecule has 0 spiro atoms. The van der Waals surface area contributed by atoms with Crippen molar-refractivity contribution in [3.63, 3.8) is 0 Å². The van der Waals surface area contributed by atoms with Gasteiger partial charge in [0.1, 0.15) is 5.60 Å². The summed E-state index contributed by atoms with van der Waals surface area (Å²) in [6.07, 6.45) is 17.4. The topological polar surface area (TPSA) is 134 Å². The van der Waals surface area contributed by atoms with Gasteiger partial charge in [0.25, 0.3) is 0 Å². The predicted molar refractivity (Wildman–Crippen MR) is 214 cm³/mol. The molecule has 0 bridgehead atoms. The van der Waals surface area contributed by atoms with Gasteiger partial charge in [-0.25, -0.2) is 4.79 Å². The van der Waals surface area contributed by atoms with Crippen molar-refractivity contribution in [3.8, 4) is 0 Å². The van der Waals surface area contributed by atoms with E-state index in [9.17, 15) is 24.0 Å². The quantitative estimate of drug-likeness (QED) is 0.0428. The van der Waals surface area contributed by atoms with E-state index in [2.05, 4.69) is 23.6 Å². The molecule has 4 amide bonds. The summed E-state index contributed by atoms with van der Waals surface area (Å²) in [5, 5.41) is 5.86. The molecule has 308 valence electrons. The largest absolute Gasteiger partial charge is 0.466 e. The van der Waals surface area contributed by atoms with Crippen LogP contribution in [-0.2, 0) is 28.7 Å². The Balaban J connectivity index is 5.05. The summed E-state index contributed by atoms with van der Waals surface area (Å²) in [7, 11) is 0. The molecule has 0 unspecified atom stereocenters. The number of hydrogen-bond acceptors (Lipinski definition) is 7. The maximum absolute atomic E-state index is 13.2. The molecule has 0 saturated heterocycles. The molecule has 0 aliphatic carbocycles. The molecule has 0 radical (unpaired) electrons.